The monoisotopic (exact) mass is 391 g/mol. The summed E-state index contributed by atoms with van der Waals surface area (Å²) in [4.78, 5) is 18.2. The molecule has 1 amide bonds. The first-order valence-corrected chi connectivity index (χ1v) is 8.72. The Balaban J connectivity index is 1.56. The Bertz CT molecular complexity index is 960. The van der Waals surface area contributed by atoms with Crippen LogP contribution >= 0.6 is 0 Å². The number of benzene rings is 1. The van der Waals surface area contributed by atoms with Gasteiger partial charge in [-0.05, 0) is 44.0 Å². The second kappa shape index (κ2) is 6.81. The Morgan fingerprint density at radius 2 is 1.93 bits per heavy atom. The molecule has 1 saturated carbocycles. The van der Waals surface area contributed by atoms with Gasteiger partial charge in [-0.2, -0.15) is 18.2 Å². The highest BCUT2D eigenvalue weighted by Gasteiger charge is 2.39. The van der Waals surface area contributed by atoms with Crippen molar-refractivity contribution < 1.29 is 26.9 Å². The third-order valence-electron chi connectivity index (χ3n) is 4.61. The third-order valence-corrected chi connectivity index (χ3v) is 4.61. The predicted octanol–water partition coefficient (Wildman–Crippen LogP) is 4.71. The van der Waals surface area contributed by atoms with E-state index in [0.29, 0.717) is 16.9 Å². The van der Waals surface area contributed by atoms with Gasteiger partial charge in [0.25, 0.3) is 5.91 Å². The van der Waals surface area contributed by atoms with E-state index < -0.39 is 12.1 Å². The number of carbonyl (C=O) groups is 1. The number of aromatic nitrogens is 2. The first kappa shape index (κ1) is 18.3. The lowest BCUT2D eigenvalue weighted by Gasteiger charge is -2.28. The highest BCUT2D eigenvalue weighted by Crippen LogP contribution is 2.36. The van der Waals surface area contributed by atoms with E-state index in [1.165, 1.54) is 12.1 Å². The fraction of sp³-hybridized carbons (Fsp3) is 0.316. The molecule has 4 rings (SSSR count). The van der Waals surface area contributed by atoms with Gasteiger partial charge in [0.1, 0.15) is 5.76 Å². The number of hydrogen-bond acceptors (Lipinski definition) is 5. The van der Waals surface area contributed by atoms with Crippen molar-refractivity contribution in [1.82, 2.24) is 15.0 Å². The molecule has 1 fully saturated rings. The minimum atomic E-state index is -4.70. The molecule has 9 heteroatoms. The predicted molar refractivity (Wildman–Crippen MR) is 91.1 cm³/mol. The maximum absolute atomic E-state index is 13.0. The van der Waals surface area contributed by atoms with Gasteiger partial charge in [0.2, 0.25) is 5.82 Å². The largest absolute Gasteiger partial charge is 0.471 e. The second-order valence-corrected chi connectivity index (χ2v) is 6.63. The van der Waals surface area contributed by atoms with Crippen LogP contribution in [0.1, 0.15) is 47.8 Å². The standard InChI is InChI=1S/C19H16F3N3O3/c1-11(15-3-2-10-27-15)25(14-8-9-14)17(26)13-6-4-12(5-7-13)16-23-18(28-24-16)19(20,21)22/h2-7,10-11,14H,8-9H2,1H3. The van der Waals surface area contributed by atoms with Crippen LogP contribution < -0.4 is 0 Å². The summed E-state index contributed by atoms with van der Waals surface area (Å²) in [5.74, 6) is -1.06. The molecule has 3 aromatic rings. The Hall–Kier alpha value is -3.10. The SMILES string of the molecule is CC(c1ccco1)N(C(=O)c1ccc(-c2noc(C(F)(F)F)n2)cc1)C1CC1. The summed E-state index contributed by atoms with van der Waals surface area (Å²) >= 11 is 0. The smallest absolute Gasteiger partial charge is 0.467 e. The number of alkyl halides is 3. The first-order valence-electron chi connectivity index (χ1n) is 8.72. The van der Waals surface area contributed by atoms with Gasteiger partial charge in [-0.3, -0.25) is 4.79 Å². The van der Waals surface area contributed by atoms with E-state index in [-0.39, 0.29) is 23.8 Å². The molecular formula is C19H16F3N3O3. The molecule has 0 saturated heterocycles. The van der Waals surface area contributed by atoms with E-state index in [9.17, 15) is 18.0 Å². The lowest BCUT2D eigenvalue weighted by molar-refractivity contribution is -0.159. The molecule has 0 aliphatic heterocycles. The minimum absolute atomic E-state index is 0.152. The average molecular weight is 391 g/mol. The number of rotatable bonds is 5. The molecule has 1 aromatic carbocycles. The molecule has 1 aliphatic rings. The summed E-state index contributed by atoms with van der Waals surface area (Å²) in [6.07, 6.45) is -1.28. The van der Waals surface area contributed by atoms with Gasteiger partial charge in [0.05, 0.1) is 12.3 Å². The van der Waals surface area contributed by atoms with Crippen molar-refractivity contribution in [3.63, 3.8) is 0 Å². The molecule has 0 N–H and O–H groups in total. The molecule has 2 heterocycles. The average Bonchev–Trinajstić information content (AvgIpc) is 3.15. The maximum atomic E-state index is 13.0. The molecule has 146 valence electrons. The van der Waals surface area contributed by atoms with Crippen molar-refractivity contribution in [2.75, 3.05) is 0 Å². The fourth-order valence-electron chi connectivity index (χ4n) is 3.04. The molecule has 1 atom stereocenters. The van der Waals surface area contributed by atoms with Gasteiger partial charge >= 0.3 is 12.1 Å². The number of nitrogens with zero attached hydrogens (tertiary/aromatic N) is 3. The van der Waals surface area contributed by atoms with Crippen LogP contribution in [0.3, 0.4) is 0 Å². The Morgan fingerprint density at radius 1 is 1.21 bits per heavy atom. The van der Waals surface area contributed by atoms with E-state index in [1.807, 2.05) is 13.0 Å². The van der Waals surface area contributed by atoms with E-state index >= 15 is 0 Å². The highest BCUT2D eigenvalue weighted by molar-refractivity contribution is 5.95. The van der Waals surface area contributed by atoms with Crippen molar-refractivity contribution >= 4 is 5.91 Å². The summed E-state index contributed by atoms with van der Waals surface area (Å²) in [7, 11) is 0. The number of furan rings is 1. The molecule has 1 unspecified atom stereocenters. The summed E-state index contributed by atoms with van der Waals surface area (Å²) in [5.41, 5.74) is 0.751. The van der Waals surface area contributed by atoms with Gasteiger partial charge in [-0.1, -0.05) is 17.3 Å². The van der Waals surface area contributed by atoms with Crippen LogP contribution in [0.5, 0.6) is 0 Å². The second-order valence-electron chi connectivity index (χ2n) is 6.63. The van der Waals surface area contributed by atoms with Crippen molar-refractivity contribution in [3.8, 4) is 11.4 Å². The lowest BCUT2D eigenvalue weighted by Crippen LogP contribution is -2.35. The molecule has 0 spiro atoms. The topological polar surface area (TPSA) is 72.4 Å². The number of carbonyl (C=O) groups excluding carboxylic acids is 1. The van der Waals surface area contributed by atoms with E-state index in [4.69, 9.17) is 4.42 Å². The Labute approximate surface area is 157 Å². The van der Waals surface area contributed by atoms with Crippen LogP contribution in [0.4, 0.5) is 13.2 Å². The van der Waals surface area contributed by atoms with E-state index in [2.05, 4.69) is 14.7 Å². The van der Waals surface area contributed by atoms with Gasteiger partial charge in [0.15, 0.2) is 0 Å². The molecule has 2 aromatic heterocycles. The zero-order valence-corrected chi connectivity index (χ0v) is 14.8. The van der Waals surface area contributed by atoms with Crippen molar-refractivity contribution in [3.05, 3.63) is 59.9 Å². The number of hydrogen-bond donors (Lipinski definition) is 0. The molecular weight excluding hydrogens is 375 g/mol. The Morgan fingerprint density at radius 3 is 2.46 bits per heavy atom. The highest BCUT2D eigenvalue weighted by atomic mass is 19.4. The zero-order valence-electron chi connectivity index (χ0n) is 14.8. The molecule has 28 heavy (non-hydrogen) atoms. The van der Waals surface area contributed by atoms with Gasteiger partial charge in [0, 0.05) is 17.2 Å². The normalized spacial score (nSPS) is 15.4. The van der Waals surface area contributed by atoms with Crippen LogP contribution in [-0.4, -0.2) is 27.0 Å². The summed E-state index contributed by atoms with van der Waals surface area (Å²) in [6.45, 7) is 1.90. The third kappa shape index (κ3) is 3.51. The summed E-state index contributed by atoms with van der Waals surface area (Å²) in [6, 6.07) is 9.63. The minimum Gasteiger partial charge on any atom is -0.467 e. The van der Waals surface area contributed by atoms with Gasteiger partial charge in [-0.25, -0.2) is 0 Å². The van der Waals surface area contributed by atoms with Crippen LogP contribution in [0.15, 0.2) is 51.6 Å². The van der Waals surface area contributed by atoms with Crippen LogP contribution in [0.25, 0.3) is 11.4 Å². The quantitative estimate of drug-likeness (QED) is 0.630. The lowest BCUT2D eigenvalue weighted by atomic mass is 10.1. The van der Waals surface area contributed by atoms with Crippen LogP contribution in [0.2, 0.25) is 0 Å². The molecule has 0 bridgehead atoms. The summed E-state index contributed by atoms with van der Waals surface area (Å²) in [5, 5.41) is 3.35. The summed E-state index contributed by atoms with van der Waals surface area (Å²) < 4.78 is 47.5. The molecule has 1 aliphatic carbocycles. The van der Waals surface area contributed by atoms with Crippen molar-refractivity contribution in [2.45, 2.75) is 38.0 Å². The van der Waals surface area contributed by atoms with Gasteiger partial charge < -0.3 is 13.8 Å². The number of halogens is 3. The van der Waals surface area contributed by atoms with Crippen molar-refractivity contribution in [1.29, 1.82) is 0 Å². The molecule has 6 nitrogen and oxygen atoms in total. The van der Waals surface area contributed by atoms with Crippen molar-refractivity contribution in [2.24, 2.45) is 0 Å². The van der Waals surface area contributed by atoms with E-state index in [0.717, 1.165) is 12.8 Å². The van der Waals surface area contributed by atoms with E-state index in [1.54, 1.807) is 29.4 Å². The van der Waals surface area contributed by atoms with Crippen LogP contribution in [0, 0.1) is 0 Å². The van der Waals surface area contributed by atoms with Crippen LogP contribution in [-0.2, 0) is 6.18 Å². The van der Waals surface area contributed by atoms with Gasteiger partial charge in [-0.15, -0.1) is 0 Å². The molecule has 0 radical (unpaired) electrons. The first-order chi connectivity index (χ1) is 13.3. The maximum Gasteiger partial charge on any atom is 0.471 e. The fourth-order valence-corrected chi connectivity index (χ4v) is 3.04. The number of amides is 1. The Kier molecular flexibility index (Phi) is 4.44. The zero-order chi connectivity index (χ0) is 19.9.